The maximum Gasteiger partial charge on any atom is 0.350 e. The Bertz CT molecular complexity index is 971. The van der Waals surface area contributed by atoms with Crippen LogP contribution in [0.25, 0.3) is 10.4 Å². The second-order valence-electron chi connectivity index (χ2n) is 9.15. The standard InChI is InChI=1S/C26H33NO4S/c1-17-8-10-19(11-9-17)25(29)27(20-12-14-21(28)15-13-20)22-16-23(18-6-4-3-5-7-18)32-24(22)26(30)31-2/h3-7,16-17,19-21,28H,8-15H2,1-2H3/i21D. The fraction of sp³-hybridized carbons (Fsp3) is 0.538. The minimum Gasteiger partial charge on any atom is -0.465 e. The van der Waals surface area contributed by atoms with Crippen molar-refractivity contribution in [1.29, 1.82) is 0 Å². The SMILES string of the molecule is [2H]C1(O)CCC(N(C(=O)C2CCC(C)CC2)c2cc(-c3ccccc3)sc2C(=O)OC)CC1. The number of nitrogens with zero attached hydrogens (tertiary/aromatic N) is 1. The lowest BCUT2D eigenvalue weighted by Crippen LogP contribution is -2.47. The number of hydrogen-bond donors (Lipinski definition) is 1. The van der Waals surface area contributed by atoms with Crippen LogP contribution in [0, 0.1) is 11.8 Å². The largest absolute Gasteiger partial charge is 0.465 e. The fourth-order valence-corrected chi connectivity index (χ4v) is 6.01. The molecule has 2 aliphatic carbocycles. The van der Waals surface area contributed by atoms with E-state index in [1.54, 1.807) is 0 Å². The van der Waals surface area contributed by atoms with Crippen LogP contribution in [0.1, 0.15) is 69.3 Å². The van der Waals surface area contributed by atoms with Gasteiger partial charge >= 0.3 is 5.97 Å². The zero-order valence-corrected chi connectivity index (χ0v) is 19.7. The van der Waals surface area contributed by atoms with E-state index in [-0.39, 0.29) is 17.9 Å². The van der Waals surface area contributed by atoms with Crippen molar-refractivity contribution in [1.82, 2.24) is 0 Å². The first-order chi connectivity index (χ1) is 15.8. The maximum atomic E-state index is 13.9. The van der Waals surface area contributed by atoms with Gasteiger partial charge in [-0.2, -0.15) is 0 Å². The Balaban J connectivity index is 1.75. The zero-order chi connectivity index (χ0) is 23.6. The van der Waals surface area contributed by atoms with E-state index in [0.29, 0.717) is 42.2 Å². The van der Waals surface area contributed by atoms with Gasteiger partial charge in [0.25, 0.3) is 0 Å². The Morgan fingerprint density at radius 1 is 1.06 bits per heavy atom. The maximum absolute atomic E-state index is 13.9. The van der Waals surface area contributed by atoms with E-state index in [1.165, 1.54) is 18.4 Å². The van der Waals surface area contributed by atoms with Crippen LogP contribution in [0.4, 0.5) is 5.69 Å². The van der Waals surface area contributed by atoms with Crippen LogP contribution in [0.5, 0.6) is 0 Å². The lowest BCUT2D eigenvalue weighted by Gasteiger charge is -2.38. The van der Waals surface area contributed by atoms with Gasteiger partial charge in [0.05, 0.1) is 20.2 Å². The lowest BCUT2D eigenvalue weighted by molar-refractivity contribution is -0.124. The Kier molecular flexibility index (Phi) is 6.89. The monoisotopic (exact) mass is 456 g/mol. The normalized spacial score (nSPS) is 28.6. The molecule has 2 aromatic rings. The summed E-state index contributed by atoms with van der Waals surface area (Å²) in [5.41, 5.74) is 1.59. The number of amides is 1. The molecule has 2 aliphatic rings. The van der Waals surface area contributed by atoms with Crippen LogP contribution in [0.3, 0.4) is 0 Å². The average Bonchev–Trinajstić information content (AvgIpc) is 3.25. The van der Waals surface area contributed by atoms with Gasteiger partial charge < -0.3 is 14.7 Å². The number of anilines is 1. The van der Waals surface area contributed by atoms with Crippen molar-refractivity contribution in [3.05, 3.63) is 41.3 Å². The van der Waals surface area contributed by atoms with E-state index in [1.807, 2.05) is 41.3 Å². The Labute approximate surface area is 195 Å². The number of esters is 1. The van der Waals surface area contributed by atoms with Gasteiger partial charge in [0.2, 0.25) is 5.91 Å². The molecule has 2 fully saturated rings. The highest BCUT2D eigenvalue weighted by Gasteiger charge is 2.37. The van der Waals surface area contributed by atoms with Gasteiger partial charge in [0, 0.05) is 16.8 Å². The summed E-state index contributed by atoms with van der Waals surface area (Å²) < 4.78 is 13.1. The Morgan fingerprint density at radius 2 is 1.72 bits per heavy atom. The van der Waals surface area contributed by atoms with E-state index < -0.39 is 12.0 Å². The van der Waals surface area contributed by atoms with Crippen LogP contribution in [-0.2, 0) is 9.53 Å². The van der Waals surface area contributed by atoms with Crippen molar-refractivity contribution >= 4 is 28.9 Å². The molecule has 0 saturated heterocycles. The second-order valence-corrected chi connectivity index (χ2v) is 10.2. The summed E-state index contributed by atoms with van der Waals surface area (Å²) in [6, 6.07) is 11.6. The summed E-state index contributed by atoms with van der Waals surface area (Å²) in [5, 5.41) is 10.2. The van der Waals surface area contributed by atoms with Crippen LogP contribution >= 0.6 is 11.3 Å². The molecule has 1 amide bonds. The topological polar surface area (TPSA) is 66.8 Å². The molecule has 1 aromatic carbocycles. The lowest BCUT2D eigenvalue weighted by atomic mass is 9.81. The summed E-state index contributed by atoms with van der Waals surface area (Å²) in [6.07, 6.45) is 4.02. The minimum atomic E-state index is -1.44. The molecule has 32 heavy (non-hydrogen) atoms. The summed E-state index contributed by atoms with van der Waals surface area (Å²) in [7, 11) is 1.36. The summed E-state index contributed by atoms with van der Waals surface area (Å²) in [5.74, 6) is 0.181. The third-order valence-electron chi connectivity index (χ3n) is 6.90. The molecule has 2 saturated carbocycles. The predicted octanol–water partition coefficient (Wildman–Crippen LogP) is 5.66. The molecule has 4 rings (SSSR count). The van der Waals surface area contributed by atoms with E-state index >= 15 is 0 Å². The number of carbonyl (C=O) groups is 2. The molecule has 5 nitrogen and oxygen atoms in total. The summed E-state index contributed by atoms with van der Waals surface area (Å²) in [4.78, 5) is 29.9. The van der Waals surface area contributed by atoms with Crippen molar-refractivity contribution in [2.45, 2.75) is 70.4 Å². The first-order valence-electron chi connectivity index (χ1n) is 12.1. The van der Waals surface area contributed by atoms with E-state index in [2.05, 4.69) is 6.92 Å². The van der Waals surface area contributed by atoms with Gasteiger partial charge in [-0.3, -0.25) is 4.79 Å². The number of hydrogen-bond acceptors (Lipinski definition) is 5. The predicted molar refractivity (Wildman–Crippen MR) is 128 cm³/mol. The van der Waals surface area contributed by atoms with Crippen molar-refractivity contribution in [3.8, 4) is 10.4 Å². The number of rotatable bonds is 5. The van der Waals surface area contributed by atoms with E-state index in [4.69, 9.17) is 6.11 Å². The van der Waals surface area contributed by atoms with Crippen molar-refractivity contribution in [2.24, 2.45) is 11.8 Å². The Hall–Kier alpha value is -2.18. The van der Waals surface area contributed by atoms with Crippen LogP contribution in [0.2, 0.25) is 0 Å². The number of thiophene rings is 1. The first kappa shape index (κ1) is 21.7. The minimum absolute atomic E-state index is 0.0601. The third kappa shape index (κ3) is 4.91. The molecule has 0 aliphatic heterocycles. The van der Waals surface area contributed by atoms with Gasteiger partial charge in [-0.05, 0) is 68.9 Å². The molecular weight excluding hydrogens is 422 g/mol. The average molecular weight is 457 g/mol. The van der Waals surface area contributed by atoms with E-state index in [0.717, 1.165) is 36.1 Å². The molecule has 1 aromatic heterocycles. The third-order valence-corrected chi connectivity index (χ3v) is 8.05. The van der Waals surface area contributed by atoms with Gasteiger partial charge in [-0.1, -0.05) is 37.3 Å². The molecule has 6 heteroatoms. The quantitative estimate of drug-likeness (QED) is 0.589. The van der Waals surface area contributed by atoms with Gasteiger partial charge in [-0.25, -0.2) is 4.79 Å². The number of methoxy groups -OCH3 is 1. The number of ether oxygens (including phenoxy) is 1. The van der Waals surface area contributed by atoms with Gasteiger partial charge in [-0.15, -0.1) is 11.3 Å². The number of carbonyl (C=O) groups excluding carboxylic acids is 2. The van der Waals surface area contributed by atoms with Gasteiger partial charge in [0.15, 0.2) is 0 Å². The fourth-order valence-electron chi connectivity index (χ4n) is 4.94. The molecule has 172 valence electrons. The highest BCUT2D eigenvalue weighted by atomic mass is 32.1. The summed E-state index contributed by atoms with van der Waals surface area (Å²) >= 11 is 1.35. The van der Waals surface area contributed by atoms with Crippen molar-refractivity contribution in [3.63, 3.8) is 0 Å². The molecule has 0 spiro atoms. The molecule has 0 bridgehead atoms. The second kappa shape index (κ2) is 10.2. The van der Waals surface area contributed by atoms with E-state index in [9.17, 15) is 14.7 Å². The molecule has 1 heterocycles. The van der Waals surface area contributed by atoms with Crippen molar-refractivity contribution in [2.75, 3.05) is 12.0 Å². The Morgan fingerprint density at radius 3 is 2.34 bits per heavy atom. The number of aliphatic hydroxyl groups is 1. The molecule has 0 radical (unpaired) electrons. The molecule has 0 atom stereocenters. The first-order valence-corrected chi connectivity index (χ1v) is 12.4. The highest BCUT2D eigenvalue weighted by molar-refractivity contribution is 7.18. The smallest absolute Gasteiger partial charge is 0.350 e. The van der Waals surface area contributed by atoms with Crippen molar-refractivity contribution < 1.29 is 20.8 Å². The van der Waals surface area contributed by atoms with Crippen LogP contribution in [-0.4, -0.2) is 36.2 Å². The van der Waals surface area contributed by atoms with Crippen LogP contribution in [0.15, 0.2) is 36.4 Å². The zero-order valence-electron chi connectivity index (χ0n) is 19.9. The molecule has 1 N–H and O–H groups in total. The summed E-state index contributed by atoms with van der Waals surface area (Å²) in [6.45, 7) is 2.23. The number of benzene rings is 1. The highest BCUT2D eigenvalue weighted by Crippen LogP contribution is 2.42. The molecular formula is C26H33NO4S. The van der Waals surface area contributed by atoms with Crippen LogP contribution < -0.4 is 4.90 Å². The van der Waals surface area contributed by atoms with Gasteiger partial charge in [0.1, 0.15) is 4.88 Å². The molecule has 0 unspecified atom stereocenters.